The number of hydrogen-bond acceptors (Lipinski definition) is 5. The normalized spacial score (nSPS) is 12.8. The minimum Gasteiger partial charge on any atom is -0.399 e. The fourth-order valence-corrected chi connectivity index (χ4v) is 1.49. The second-order valence-electron chi connectivity index (χ2n) is 3.53. The van der Waals surface area contributed by atoms with Crippen molar-refractivity contribution >= 4 is 17.8 Å². The SMILES string of the molecule is C/C=N\OCc1ccccc1/C(=N\OC)C(N)=NC. The number of hydrogen-bond donors (Lipinski definition) is 1. The van der Waals surface area contributed by atoms with E-state index in [0.717, 1.165) is 11.1 Å². The molecule has 0 atom stereocenters. The summed E-state index contributed by atoms with van der Waals surface area (Å²) in [7, 11) is 3.06. The third-order valence-corrected chi connectivity index (χ3v) is 2.34. The van der Waals surface area contributed by atoms with Gasteiger partial charge in [0.1, 0.15) is 19.6 Å². The molecule has 0 aliphatic rings. The van der Waals surface area contributed by atoms with E-state index < -0.39 is 0 Å². The Hall–Kier alpha value is -2.37. The zero-order chi connectivity index (χ0) is 14.1. The van der Waals surface area contributed by atoms with Gasteiger partial charge in [-0.3, -0.25) is 4.99 Å². The van der Waals surface area contributed by atoms with Crippen molar-refractivity contribution in [3.05, 3.63) is 35.4 Å². The molecule has 1 aromatic carbocycles. The fourth-order valence-electron chi connectivity index (χ4n) is 1.49. The first kappa shape index (κ1) is 14.7. The molecule has 0 heterocycles. The van der Waals surface area contributed by atoms with Gasteiger partial charge >= 0.3 is 0 Å². The van der Waals surface area contributed by atoms with Crippen LogP contribution in [0.1, 0.15) is 18.1 Å². The van der Waals surface area contributed by atoms with Crippen molar-refractivity contribution in [2.45, 2.75) is 13.5 Å². The van der Waals surface area contributed by atoms with E-state index >= 15 is 0 Å². The highest BCUT2D eigenvalue weighted by Crippen LogP contribution is 2.12. The molecule has 6 nitrogen and oxygen atoms in total. The van der Waals surface area contributed by atoms with Crippen LogP contribution in [0.25, 0.3) is 0 Å². The first-order chi connectivity index (χ1) is 9.24. The number of rotatable bonds is 6. The first-order valence-corrected chi connectivity index (χ1v) is 5.76. The molecular weight excluding hydrogens is 244 g/mol. The van der Waals surface area contributed by atoms with Crippen LogP contribution in [0.5, 0.6) is 0 Å². The van der Waals surface area contributed by atoms with Crippen LogP contribution >= 0.6 is 0 Å². The topological polar surface area (TPSA) is 81.6 Å². The Morgan fingerprint density at radius 3 is 2.74 bits per heavy atom. The molecule has 0 fully saturated rings. The lowest BCUT2D eigenvalue weighted by Crippen LogP contribution is -2.26. The Labute approximate surface area is 112 Å². The van der Waals surface area contributed by atoms with Crippen LogP contribution in [-0.2, 0) is 16.3 Å². The van der Waals surface area contributed by atoms with Crippen molar-refractivity contribution in [2.75, 3.05) is 14.2 Å². The second-order valence-corrected chi connectivity index (χ2v) is 3.53. The molecule has 19 heavy (non-hydrogen) atoms. The quantitative estimate of drug-likeness (QED) is 0.479. The molecule has 0 saturated heterocycles. The van der Waals surface area contributed by atoms with Gasteiger partial charge in [-0.05, 0) is 6.92 Å². The van der Waals surface area contributed by atoms with Gasteiger partial charge in [-0.1, -0.05) is 34.6 Å². The van der Waals surface area contributed by atoms with Gasteiger partial charge in [0.2, 0.25) is 0 Å². The average Bonchev–Trinajstić information content (AvgIpc) is 2.45. The Morgan fingerprint density at radius 1 is 1.37 bits per heavy atom. The maximum atomic E-state index is 5.83. The molecule has 0 amide bonds. The Bertz CT molecular complexity index is 495. The maximum Gasteiger partial charge on any atom is 0.152 e. The van der Waals surface area contributed by atoms with Crippen molar-refractivity contribution < 1.29 is 9.68 Å². The third-order valence-electron chi connectivity index (χ3n) is 2.34. The lowest BCUT2D eigenvalue weighted by molar-refractivity contribution is 0.131. The van der Waals surface area contributed by atoms with Crippen molar-refractivity contribution in [1.29, 1.82) is 0 Å². The first-order valence-electron chi connectivity index (χ1n) is 5.76. The average molecular weight is 262 g/mol. The summed E-state index contributed by atoms with van der Waals surface area (Å²) in [5, 5.41) is 7.64. The molecule has 0 saturated carbocycles. The summed E-state index contributed by atoms with van der Waals surface area (Å²) < 4.78 is 0. The van der Waals surface area contributed by atoms with Crippen LogP contribution in [0.3, 0.4) is 0 Å². The molecule has 0 radical (unpaired) electrons. The zero-order valence-electron chi connectivity index (χ0n) is 11.3. The smallest absolute Gasteiger partial charge is 0.152 e. The van der Waals surface area contributed by atoms with E-state index in [1.807, 2.05) is 24.3 Å². The maximum absolute atomic E-state index is 5.83. The Morgan fingerprint density at radius 2 is 2.11 bits per heavy atom. The standard InChI is InChI=1S/C13H18N4O2/c1-4-16-19-9-10-7-5-6-8-11(10)12(17-18-3)13(14)15-2/h4-8H,9H2,1-3H3,(H2,14,15)/b16-4-,17-12+. The van der Waals surface area contributed by atoms with Crippen LogP contribution < -0.4 is 5.73 Å². The van der Waals surface area contributed by atoms with Gasteiger partial charge in [-0.25, -0.2) is 0 Å². The number of benzene rings is 1. The predicted molar refractivity (Wildman–Crippen MR) is 76.5 cm³/mol. The molecule has 1 rings (SSSR count). The van der Waals surface area contributed by atoms with Gasteiger partial charge in [-0.2, -0.15) is 0 Å². The van der Waals surface area contributed by atoms with Crippen molar-refractivity contribution in [2.24, 2.45) is 21.0 Å². The molecule has 0 unspecified atom stereocenters. The van der Waals surface area contributed by atoms with E-state index in [2.05, 4.69) is 15.3 Å². The molecule has 0 aromatic heterocycles. The summed E-state index contributed by atoms with van der Waals surface area (Å²) in [6.07, 6.45) is 1.58. The number of aliphatic imine (C=N–C) groups is 1. The highest BCUT2D eigenvalue weighted by atomic mass is 16.6. The van der Waals surface area contributed by atoms with Gasteiger partial charge in [0.05, 0.1) is 0 Å². The van der Waals surface area contributed by atoms with Crippen LogP contribution in [0.4, 0.5) is 0 Å². The molecule has 2 N–H and O–H groups in total. The summed E-state index contributed by atoms with van der Waals surface area (Å²) in [6.45, 7) is 2.10. The third kappa shape index (κ3) is 4.09. The van der Waals surface area contributed by atoms with Crippen LogP contribution in [-0.4, -0.2) is 31.9 Å². The minimum atomic E-state index is 0.299. The second kappa shape index (κ2) is 7.86. The number of amidine groups is 1. The van der Waals surface area contributed by atoms with E-state index in [1.54, 1.807) is 20.2 Å². The molecule has 0 aliphatic carbocycles. The van der Waals surface area contributed by atoms with E-state index in [4.69, 9.17) is 15.4 Å². The summed E-state index contributed by atoms with van der Waals surface area (Å²) in [4.78, 5) is 13.9. The summed E-state index contributed by atoms with van der Waals surface area (Å²) >= 11 is 0. The molecular formula is C13H18N4O2. The molecule has 102 valence electrons. The van der Waals surface area contributed by atoms with Gasteiger partial charge in [0.15, 0.2) is 5.71 Å². The molecule has 0 bridgehead atoms. The van der Waals surface area contributed by atoms with E-state index in [9.17, 15) is 0 Å². The van der Waals surface area contributed by atoms with Gasteiger partial charge in [-0.15, -0.1) is 0 Å². The number of oxime groups is 2. The van der Waals surface area contributed by atoms with Crippen molar-refractivity contribution in [3.8, 4) is 0 Å². The molecule has 0 spiro atoms. The van der Waals surface area contributed by atoms with Gasteiger partial charge < -0.3 is 15.4 Å². The fraction of sp³-hybridized carbons (Fsp3) is 0.308. The van der Waals surface area contributed by atoms with Crippen molar-refractivity contribution in [1.82, 2.24) is 0 Å². The predicted octanol–water partition coefficient (Wildman–Crippen LogP) is 1.55. The summed E-state index contributed by atoms with van der Waals surface area (Å²) in [5.74, 6) is 0.299. The molecule has 0 aliphatic heterocycles. The summed E-state index contributed by atoms with van der Waals surface area (Å²) in [6, 6.07) is 7.58. The van der Waals surface area contributed by atoms with Gasteiger partial charge in [0, 0.05) is 24.4 Å². The van der Waals surface area contributed by atoms with Crippen LogP contribution in [0.2, 0.25) is 0 Å². The van der Waals surface area contributed by atoms with E-state index in [1.165, 1.54) is 7.11 Å². The highest BCUT2D eigenvalue weighted by Gasteiger charge is 2.13. The van der Waals surface area contributed by atoms with Crippen molar-refractivity contribution in [3.63, 3.8) is 0 Å². The lowest BCUT2D eigenvalue weighted by atomic mass is 10.0. The minimum absolute atomic E-state index is 0.299. The highest BCUT2D eigenvalue weighted by molar-refractivity contribution is 6.47. The monoisotopic (exact) mass is 262 g/mol. The Kier molecular flexibility index (Phi) is 6.08. The largest absolute Gasteiger partial charge is 0.399 e. The molecule has 6 heteroatoms. The van der Waals surface area contributed by atoms with Crippen LogP contribution in [0, 0.1) is 0 Å². The summed E-state index contributed by atoms with van der Waals surface area (Å²) in [5.41, 5.74) is 8.01. The number of nitrogens with zero attached hydrogens (tertiary/aromatic N) is 3. The lowest BCUT2D eigenvalue weighted by Gasteiger charge is -2.10. The zero-order valence-corrected chi connectivity index (χ0v) is 11.3. The Balaban J connectivity index is 3.13. The van der Waals surface area contributed by atoms with Crippen LogP contribution in [0.15, 0.2) is 39.6 Å². The molecule has 1 aromatic rings. The van der Waals surface area contributed by atoms with E-state index in [0.29, 0.717) is 18.2 Å². The van der Waals surface area contributed by atoms with Gasteiger partial charge in [0.25, 0.3) is 0 Å². The number of nitrogens with two attached hydrogens (primary N) is 1. The van der Waals surface area contributed by atoms with E-state index in [-0.39, 0.29) is 0 Å².